The smallest absolute Gasteiger partial charge is 0.0786 e. The number of nitrogens with zero attached hydrogens (tertiary/aromatic N) is 2. The molecule has 0 radical (unpaired) electrons. The van der Waals surface area contributed by atoms with E-state index in [1.165, 1.54) is 472 Å². The number of quaternary nitrogens is 2. The summed E-state index contributed by atoms with van der Waals surface area (Å²) in [5.41, 5.74) is 0. The van der Waals surface area contributed by atoms with E-state index in [1.54, 1.807) is 0 Å². The quantitative estimate of drug-likeness (QED) is 0.0263. The first kappa shape index (κ1) is 91.0. The fourth-order valence-electron chi connectivity index (χ4n) is 13.9. The molecule has 0 N–H and O–H groups in total. The van der Waals surface area contributed by atoms with Crippen molar-refractivity contribution in [1.82, 2.24) is 0 Å². The molecule has 0 bridgehead atoms. The average molecular weight is 1250 g/mol. The minimum absolute atomic E-state index is 1.34. The predicted octanol–water partition coefficient (Wildman–Crippen LogP) is 27.4. The zero-order valence-corrected chi connectivity index (χ0v) is 62.7. The van der Waals surface area contributed by atoms with E-state index in [4.69, 9.17) is 17.5 Å². The lowest BCUT2D eigenvalue weighted by Crippen LogP contribution is -2.49. The Morgan fingerprint density at radius 1 is 0.172 bits per heavy atom. The second-order valence-corrected chi connectivity index (χ2v) is 29.3. The molecule has 0 heterocycles. The van der Waals surface area contributed by atoms with Crippen LogP contribution in [0.5, 0.6) is 0 Å². The Morgan fingerprint density at radius 2 is 0.253 bits per heavy atom. The standard InChI is InChI=1S/2C40H84N.H2O4S/c2*1-5-9-11-13-15-17-19-21-23-25-27-29-31-33-35-37-39-41(7-3,8-4)40-38-36-34-32-30-28-26-24-22-20-18-16-14-12-10-6-2;1-5(2,3)4/h2*5-40H2,1-4H3;(H2,1,2,3,4)/q2*+1;/p-2. The Hall–Kier alpha value is -0.210. The summed E-state index contributed by atoms with van der Waals surface area (Å²) in [5.74, 6) is 0. The molecule has 0 atom stereocenters. The molecule has 528 valence electrons. The third-order valence-electron chi connectivity index (χ3n) is 20.6. The van der Waals surface area contributed by atoms with Gasteiger partial charge in [0.15, 0.2) is 0 Å². The maximum Gasteiger partial charge on any atom is 0.0786 e. The van der Waals surface area contributed by atoms with E-state index in [0.717, 1.165) is 0 Å². The van der Waals surface area contributed by atoms with Gasteiger partial charge in [-0.25, -0.2) is 0 Å². The van der Waals surface area contributed by atoms with Crippen LogP contribution >= 0.6 is 0 Å². The molecule has 0 aliphatic heterocycles. The van der Waals surface area contributed by atoms with Crippen LogP contribution < -0.4 is 0 Å². The summed E-state index contributed by atoms with van der Waals surface area (Å²) in [4.78, 5) is 0. The second kappa shape index (κ2) is 76.5. The molecule has 0 unspecified atom stereocenters. The Kier molecular flexibility index (Phi) is 80.0. The minimum atomic E-state index is -5.17. The van der Waals surface area contributed by atoms with E-state index >= 15 is 0 Å². The van der Waals surface area contributed by atoms with Gasteiger partial charge in [0.2, 0.25) is 0 Å². The zero-order chi connectivity index (χ0) is 64.4. The van der Waals surface area contributed by atoms with Crippen molar-refractivity contribution in [1.29, 1.82) is 0 Å². The highest BCUT2D eigenvalue weighted by atomic mass is 32.3. The van der Waals surface area contributed by atoms with Crippen molar-refractivity contribution < 1.29 is 26.5 Å². The summed E-state index contributed by atoms with van der Waals surface area (Å²) in [5, 5.41) is 0. The van der Waals surface area contributed by atoms with Gasteiger partial charge in [-0.15, -0.1) is 0 Å². The number of rotatable bonds is 72. The van der Waals surface area contributed by atoms with Crippen LogP contribution in [0.3, 0.4) is 0 Å². The van der Waals surface area contributed by atoms with Gasteiger partial charge in [0.1, 0.15) is 0 Å². The summed E-state index contributed by atoms with van der Waals surface area (Å²) in [6, 6.07) is 0. The normalized spacial score (nSPS) is 12.0. The van der Waals surface area contributed by atoms with Crippen LogP contribution in [0.15, 0.2) is 0 Å². The molecule has 7 heteroatoms. The molecule has 0 amide bonds. The minimum Gasteiger partial charge on any atom is -0.759 e. The maximum atomic E-state index is 8.52. The van der Waals surface area contributed by atoms with Crippen LogP contribution in [0.4, 0.5) is 0 Å². The van der Waals surface area contributed by atoms with Gasteiger partial charge in [-0.2, -0.15) is 0 Å². The van der Waals surface area contributed by atoms with Crippen molar-refractivity contribution in [3.05, 3.63) is 0 Å². The molecule has 0 rings (SSSR count). The first-order chi connectivity index (χ1) is 42.5. The van der Waals surface area contributed by atoms with E-state index in [-0.39, 0.29) is 0 Å². The van der Waals surface area contributed by atoms with E-state index in [9.17, 15) is 0 Å². The molecule has 0 aliphatic carbocycles. The van der Waals surface area contributed by atoms with Gasteiger partial charge in [-0.05, 0) is 79.1 Å². The topological polar surface area (TPSA) is 80.3 Å². The molecule has 0 aromatic heterocycles. The monoisotopic (exact) mass is 1250 g/mol. The summed E-state index contributed by atoms with van der Waals surface area (Å²) in [6.07, 6.45) is 94.1. The van der Waals surface area contributed by atoms with Gasteiger partial charge in [0.25, 0.3) is 0 Å². The first-order valence-corrected chi connectivity index (χ1v) is 42.2. The van der Waals surface area contributed by atoms with Gasteiger partial charge in [-0.3, -0.25) is 8.42 Å². The van der Waals surface area contributed by atoms with Crippen molar-refractivity contribution in [2.24, 2.45) is 0 Å². The largest absolute Gasteiger partial charge is 0.759 e. The van der Waals surface area contributed by atoms with Crippen LogP contribution in [0.2, 0.25) is 0 Å². The Labute approximate surface area is 552 Å². The number of unbranched alkanes of at least 4 members (excludes halogenated alkanes) is 60. The van der Waals surface area contributed by atoms with Crippen molar-refractivity contribution in [3.8, 4) is 0 Å². The third-order valence-corrected chi connectivity index (χ3v) is 20.6. The van der Waals surface area contributed by atoms with Crippen molar-refractivity contribution in [3.63, 3.8) is 0 Å². The average Bonchev–Trinajstić information content (AvgIpc) is 3.63. The van der Waals surface area contributed by atoms with Crippen LogP contribution in [-0.4, -0.2) is 78.8 Å². The van der Waals surface area contributed by atoms with Gasteiger partial charge in [0, 0.05) is 10.4 Å². The lowest BCUT2D eigenvalue weighted by molar-refractivity contribution is -0.925. The fraction of sp³-hybridized carbons (Fsp3) is 1.00. The molecule has 0 fully saturated rings. The molecule has 0 saturated carbocycles. The Balaban J connectivity index is -0.00000150. The van der Waals surface area contributed by atoms with Gasteiger partial charge >= 0.3 is 0 Å². The summed E-state index contributed by atoms with van der Waals surface area (Å²) in [7, 11) is -5.17. The van der Waals surface area contributed by atoms with E-state index < -0.39 is 10.4 Å². The molecular weight excluding hydrogens is 1080 g/mol. The molecule has 0 saturated heterocycles. The maximum absolute atomic E-state index is 8.52. The molecule has 0 aliphatic rings. The molecule has 0 aromatic carbocycles. The Bertz CT molecular complexity index is 1150. The molecular formula is C80H168N2O4S. The number of hydrogen-bond acceptors (Lipinski definition) is 4. The molecule has 87 heavy (non-hydrogen) atoms. The van der Waals surface area contributed by atoms with E-state index in [0.29, 0.717) is 0 Å². The van der Waals surface area contributed by atoms with Crippen LogP contribution in [0.25, 0.3) is 0 Å². The van der Waals surface area contributed by atoms with Crippen molar-refractivity contribution >= 4 is 10.4 Å². The van der Waals surface area contributed by atoms with Crippen LogP contribution in [0.1, 0.15) is 466 Å². The van der Waals surface area contributed by atoms with Crippen LogP contribution in [-0.2, 0) is 10.4 Å². The van der Waals surface area contributed by atoms with Crippen molar-refractivity contribution in [2.75, 3.05) is 52.4 Å². The molecule has 6 nitrogen and oxygen atoms in total. The van der Waals surface area contributed by atoms with Crippen molar-refractivity contribution in [2.45, 2.75) is 466 Å². The molecule has 0 spiro atoms. The first-order valence-electron chi connectivity index (χ1n) is 40.9. The fourth-order valence-corrected chi connectivity index (χ4v) is 13.9. The Morgan fingerprint density at radius 3 is 0.333 bits per heavy atom. The summed E-state index contributed by atoms with van der Waals surface area (Å²) >= 11 is 0. The van der Waals surface area contributed by atoms with E-state index in [2.05, 4.69) is 55.4 Å². The lowest BCUT2D eigenvalue weighted by atomic mass is 10.0. The predicted molar refractivity (Wildman–Crippen MR) is 391 cm³/mol. The van der Waals surface area contributed by atoms with Gasteiger partial charge in [-0.1, -0.05) is 387 Å². The molecule has 0 aromatic rings. The third kappa shape index (κ3) is 78.2. The summed E-state index contributed by atoms with van der Waals surface area (Å²) in [6.45, 7) is 30.1. The van der Waals surface area contributed by atoms with Gasteiger partial charge < -0.3 is 18.1 Å². The lowest BCUT2D eigenvalue weighted by Gasteiger charge is -2.37. The highest BCUT2D eigenvalue weighted by Crippen LogP contribution is 2.21. The highest BCUT2D eigenvalue weighted by molar-refractivity contribution is 7.79. The van der Waals surface area contributed by atoms with Gasteiger partial charge in [0.05, 0.1) is 52.4 Å². The summed E-state index contributed by atoms with van der Waals surface area (Å²) < 4.78 is 36.9. The second-order valence-electron chi connectivity index (χ2n) is 28.5. The van der Waals surface area contributed by atoms with E-state index in [1.807, 2.05) is 0 Å². The number of hydrogen-bond donors (Lipinski definition) is 0. The zero-order valence-electron chi connectivity index (χ0n) is 61.8. The SMILES string of the molecule is CCCCCCCCCCCCCCCCCC[N+](CC)(CC)CCCCCCCCCCCCCCCCCC.CCCCCCCCCCCCCCCCCC[N+](CC)(CC)CCCCCCCCCCCCCCCCCC.O=S(=O)([O-])[O-]. The highest BCUT2D eigenvalue weighted by Gasteiger charge is 2.23. The van der Waals surface area contributed by atoms with Crippen LogP contribution in [0, 0.1) is 0 Å².